The van der Waals surface area contributed by atoms with Crippen molar-refractivity contribution in [2.75, 3.05) is 31.1 Å². The van der Waals surface area contributed by atoms with E-state index < -0.39 is 22.0 Å². The second-order valence-corrected chi connectivity index (χ2v) is 12.6. The highest BCUT2D eigenvalue weighted by Crippen LogP contribution is 2.36. The van der Waals surface area contributed by atoms with Gasteiger partial charge in [-0.15, -0.1) is 0 Å². The van der Waals surface area contributed by atoms with Crippen molar-refractivity contribution in [2.45, 2.75) is 30.3 Å². The lowest BCUT2D eigenvalue weighted by atomic mass is 9.97. The Balaban J connectivity index is 1.31. The van der Waals surface area contributed by atoms with Crippen LogP contribution in [0.15, 0.2) is 77.7 Å². The third-order valence-corrected chi connectivity index (χ3v) is 9.71. The van der Waals surface area contributed by atoms with E-state index in [1.54, 1.807) is 29.2 Å². The maximum absolute atomic E-state index is 13.9. The van der Waals surface area contributed by atoms with Crippen LogP contribution < -0.4 is 15.0 Å². The van der Waals surface area contributed by atoms with E-state index >= 15 is 0 Å². The Labute approximate surface area is 243 Å². The molecule has 0 radical (unpaired) electrons. The lowest BCUT2D eigenvalue weighted by Gasteiger charge is -2.38. The monoisotopic (exact) mass is 601 g/mol. The lowest BCUT2D eigenvalue weighted by Crippen LogP contribution is -2.54. The number of sulfonamides is 1. The summed E-state index contributed by atoms with van der Waals surface area (Å²) in [5.41, 5.74) is 1.66. The number of hydrogen-bond acceptors (Lipinski definition) is 5. The Morgan fingerprint density at radius 1 is 0.975 bits per heavy atom. The van der Waals surface area contributed by atoms with Gasteiger partial charge in [0.2, 0.25) is 15.9 Å². The summed E-state index contributed by atoms with van der Waals surface area (Å²) in [5.74, 6) is -0.743. The zero-order valence-electron chi connectivity index (χ0n) is 21.6. The minimum atomic E-state index is -3.97. The Morgan fingerprint density at radius 2 is 1.73 bits per heavy atom. The SMILES string of the molecule is O=C(NCCc1ccccc1)[C@@H]1CN(C(=O)[C@@H]2CCCN(S(=O)(=O)c3cc(Cl)ccc3Cl)C2)c2ccccc2O1. The molecule has 11 heteroatoms. The topological polar surface area (TPSA) is 96.0 Å². The second kappa shape index (κ2) is 12.2. The molecule has 1 fully saturated rings. The van der Waals surface area contributed by atoms with Crippen LogP contribution in [-0.4, -0.2) is 56.8 Å². The van der Waals surface area contributed by atoms with E-state index in [1.165, 1.54) is 22.5 Å². The molecule has 2 atom stereocenters. The van der Waals surface area contributed by atoms with Crippen LogP contribution in [0.2, 0.25) is 10.0 Å². The number of piperidine rings is 1. The molecule has 2 aliphatic rings. The van der Waals surface area contributed by atoms with Gasteiger partial charge in [-0.05, 0) is 55.2 Å². The minimum Gasteiger partial charge on any atom is -0.477 e. The molecular weight excluding hydrogens is 573 g/mol. The molecule has 3 aromatic rings. The van der Waals surface area contributed by atoms with Gasteiger partial charge in [0.15, 0.2) is 6.10 Å². The van der Waals surface area contributed by atoms with E-state index in [1.807, 2.05) is 30.3 Å². The molecule has 0 bridgehead atoms. The van der Waals surface area contributed by atoms with Gasteiger partial charge in [0.25, 0.3) is 5.91 Å². The molecule has 0 aliphatic carbocycles. The van der Waals surface area contributed by atoms with Crippen LogP contribution in [0.25, 0.3) is 0 Å². The van der Waals surface area contributed by atoms with Crippen molar-refractivity contribution in [3.8, 4) is 5.75 Å². The maximum atomic E-state index is 13.9. The van der Waals surface area contributed by atoms with Crippen molar-refractivity contribution in [1.29, 1.82) is 0 Å². The first kappa shape index (κ1) is 28.4. The Bertz CT molecular complexity index is 1500. The smallest absolute Gasteiger partial charge is 0.262 e. The van der Waals surface area contributed by atoms with Crippen LogP contribution in [0.5, 0.6) is 5.75 Å². The number of ether oxygens (including phenoxy) is 1. The van der Waals surface area contributed by atoms with Gasteiger partial charge >= 0.3 is 0 Å². The van der Waals surface area contributed by atoms with Crippen LogP contribution in [0.1, 0.15) is 18.4 Å². The Kier molecular flexibility index (Phi) is 8.65. The van der Waals surface area contributed by atoms with Crippen LogP contribution in [0.3, 0.4) is 0 Å². The molecule has 2 amide bonds. The number of fused-ring (bicyclic) bond motifs is 1. The van der Waals surface area contributed by atoms with Gasteiger partial charge in [0, 0.05) is 24.7 Å². The Morgan fingerprint density at radius 3 is 2.52 bits per heavy atom. The van der Waals surface area contributed by atoms with Crippen molar-refractivity contribution in [2.24, 2.45) is 5.92 Å². The van der Waals surface area contributed by atoms with Crippen LogP contribution in [0, 0.1) is 5.92 Å². The van der Waals surface area contributed by atoms with E-state index in [9.17, 15) is 18.0 Å². The second-order valence-electron chi connectivity index (χ2n) is 9.83. The molecule has 8 nitrogen and oxygen atoms in total. The van der Waals surface area contributed by atoms with Crippen molar-refractivity contribution in [3.63, 3.8) is 0 Å². The first-order chi connectivity index (χ1) is 19.2. The van der Waals surface area contributed by atoms with E-state index in [2.05, 4.69) is 5.32 Å². The van der Waals surface area contributed by atoms with Gasteiger partial charge in [-0.1, -0.05) is 65.7 Å². The summed E-state index contributed by atoms with van der Waals surface area (Å²) < 4.78 is 34.1. The third kappa shape index (κ3) is 6.12. The van der Waals surface area contributed by atoms with Crippen molar-refractivity contribution in [1.82, 2.24) is 9.62 Å². The predicted octanol–water partition coefficient (Wildman–Crippen LogP) is 4.55. The molecule has 0 unspecified atom stereocenters. The third-order valence-electron chi connectivity index (χ3n) is 7.13. The lowest BCUT2D eigenvalue weighted by molar-refractivity contribution is -0.129. The molecule has 1 N–H and O–H groups in total. The van der Waals surface area contributed by atoms with Crippen LogP contribution >= 0.6 is 23.2 Å². The molecular formula is C29H29Cl2N3O5S. The predicted molar refractivity (Wildman–Crippen MR) is 154 cm³/mol. The average molecular weight is 603 g/mol. The molecule has 40 heavy (non-hydrogen) atoms. The number of anilines is 1. The summed E-state index contributed by atoms with van der Waals surface area (Å²) >= 11 is 12.2. The number of amides is 2. The van der Waals surface area contributed by atoms with Crippen molar-refractivity contribution < 1.29 is 22.7 Å². The first-order valence-corrected chi connectivity index (χ1v) is 15.3. The van der Waals surface area contributed by atoms with Gasteiger partial charge in [-0.25, -0.2) is 8.42 Å². The number of carbonyl (C=O) groups excluding carboxylic acids is 2. The average Bonchev–Trinajstić information content (AvgIpc) is 2.98. The largest absolute Gasteiger partial charge is 0.477 e. The van der Waals surface area contributed by atoms with Gasteiger partial charge < -0.3 is 15.0 Å². The standard InChI is InChI=1S/C29H29Cl2N3O5S/c30-22-12-13-23(31)27(17-22)40(37,38)33-16-6-9-21(18-33)29(36)34-19-26(39-25-11-5-4-10-24(25)34)28(35)32-15-14-20-7-2-1-3-8-20/h1-5,7-8,10-13,17,21,26H,6,9,14-16,18-19H2,(H,32,35)/t21-,26+/m1/s1. The van der Waals surface area contributed by atoms with Gasteiger partial charge in [0.05, 0.1) is 23.2 Å². The van der Waals surface area contributed by atoms with Crippen molar-refractivity contribution >= 4 is 50.7 Å². The number of benzene rings is 3. The van der Waals surface area contributed by atoms with Crippen LogP contribution in [-0.2, 0) is 26.0 Å². The summed E-state index contributed by atoms with van der Waals surface area (Å²) in [6, 6.07) is 21.2. The molecule has 2 aliphatic heterocycles. The van der Waals surface area contributed by atoms with E-state index in [4.69, 9.17) is 27.9 Å². The Hall–Kier alpha value is -3.11. The highest BCUT2D eigenvalue weighted by atomic mass is 35.5. The summed E-state index contributed by atoms with van der Waals surface area (Å²) in [5, 5.41) is 3.24. The number of hydrogen-bond donors (Lipinski definition) is 1. The zero-order chi connectivity index (χ0) is 28.3. The molecule has 0 aromatic heterocycles. The fourth-order valence-electron chi connectivity index (χ4n) is 5.06. The van der Waals surface area contributed by atoms with Gasteiger partial charge in [-0.3, -0.25) is 9.59 Å². The molecule has 3 aromatic carbocycles. The molecule has 2 heterocycles. The molecule has 0 spiro atoms. The zero-order valence-corrected chi connectivity index (χ0v) is 24.0. The van der Waals surface area contributed by atoms with Crippen molar-refractivity contribution in [3.05, 3.63) is 88.4 Å². The molecule has 5 rings (SSSR count). The van der Waals surface area contributed by atoms with Gasteiger partial charge in [-0.2, -0.15) is 4.31 Å². The normalized spacial score (nSPS) is 19.4. The van der Waals surface area contributed by atoms with E-state index in [0.29, 0.717) is 37.2 Å². The highest BCUT2D eigenvalue weighted by Gasteiger charge is 2.40. The highest BCUT2D eigenvalue weighted by molar-refractivity contribution is 7.89. The number of halogens is 2. The van der Waals surface area contributed by atoms with Gasteiger partial charge in [0.1, 0.15) is 10.6 Å². The quantitative estimate of drug-likeness (QED) is 0.429. The summed E-state index contributed by atoms with van der Waals surface area (Å²) in [6.07, 6.45) is 0.787. The fourth-order valence-corrected chi connectivity index (χ4v) is 7.33. The van der Waals surface area contributed by atoms with Crippen LogP contribution in [0.4, 0.5) is 5.69 Å². The molecule has 210 valence electrons. The molecule has 0 saturated carbocycles. The minimum absolute atomic E-state index is 0.00251. The number of para-hydroxylation sites is 2. The fraction of sp³-hybridized carbons (Fsp3) is 0.310. The number of nitrogens with zero attached hydrogens (tertiary/aromatic N) is 2. The first-order valence-electron chi connectivity index (χ1n) is 13.1. The number of rotatable bonds is 7. The summed E-state index contributed by atoms with van der Waals surface area (Å²) in [7, 11) is -3.97. The summed E-state index contributed by atoms with van der Waals surface area (Å²) in [4.78, 5) is 28.4. The summed E-state index contributed by atoms with van der Waals surface area (Å²) in [6.45, 7) is 0.717. The number of carbonyl (C=O) groups is 2. The molecule has 1 saturated heterocycles. The van der Waals surface area contributed by atoms with E-state index in [0.717, 1.165) is 5.56 Å². The number of nitrogens with one attached hydrogen (secondary N) is 1. The maximum Gasteiger partial charge on any atom is 0.262 e. The van der Waals surface area contributed by atoms with E-state index in [-0.39, 0.29) is 46.4 Å².